The fourth-order valence-corrected chi connectivity index (χ4v) is 10.4. The lowest BCUT2D eigenvalue weighted by molar-refractivity contribution is -0.263. The molecule has 0 N–H and O–H groups in total. The molecule has 2 aliphatic heterocycles. The molecule has 0 unspecified atom stereocenters. The summed E-state index contributed by atoms with van der Waals surface area (Å²) in [6, 6.07) is 0. The molecule has 7 fully saturated rings. The van der Waals surface area contributed by atoms with Crippen molar-refractivity contribution in [3.8, 4) is 0 Å². The Kier molecular flexibility index (Phi) is 3.56. The highest BCUT2D eigenvalue weighted by Gasteiger charge is 2.84. The van der Waals surface area contributed by atoms with Gasteiger partial charge in [0.2, 0.25) is 0 Å². The van der Waals surface area contributed by atoms with Crippen LogP contribution in [0.3, 0.4) is 0 Å². The summed E-state index contributed by atoms with van der Waals surface area (Å²) in [5.74, 6) is 2.28. The minimum atomic E-state index is -0.364. The number of carbonyl (C=O) groups excluding carboxylic acids is 1. The summed E-state index contributed by atoms with van der Waals surface area (Å²) in [6.45, 7) is 7.86. The van der Waals surface area contributed by atoms with Gasteiger partial charge in [-0.1, -0.05) is 13.8 Å². The maximum atomic E-state index is 11.6. The second kappa shape index (κ2) is 5.58. The van der Waals surface area contributed by atoms with Crippen LogP contribution in [0.2, 0.25) is 0 Å². The van der Waals surface area contributed by atoms with E-state index in [4.69, 9.17) is 30.5 Å². The van der Waals surface area contributed by atoms with Crippen LogP contribution in [0.4, 0.5) is 0 Å². The van der Waals surface area contributed by atoms with Crippen LogP contribution in [0.15, 0.2) is 0 Å². The Hall–Kier alpha value is -0.360. The van der Waals surface area contributed by atoms with E-state index in [-0.39, 0.29) is 45.8 Å². The second-order valence-corrected chi connectivity index (χ2v) is 12.3. The van der Waals surface area contributed by atoms with Gasteiger partial charge in [-0.3, -0.25) is 4.79 Å². The fraction of sp³-hybridized carbons (Fsp3) is 0.958. The Morgan fingerprint density at radius 3 is 2.53 bits per heavy atom. The molecular weight excluding hydrogens is 404 g/mol. The largest absolute Gasteiger partial charge is 0.462 e. The molecule has 0 amide bonds. The van der Waals surface area contributed by atoms with Gasteiger partial charge < -0.3 is 18.9 Å². The summed E-state index contributed by atoms with van der Waals surface area (Å²) >= 11 is 7.31. The predicted molar refractivity (Wildman–Crippen MR) is 109 cm³/mol. The number of halogens is 1. The molecule has 2 saturated heterocycles. The van der Waals surface area contributed by atoms with Gasteiger partial charge in [-0.05, 0) is 55.8 Å². The van der Waals surface area contributed by atoms with Crippen molar-refractivity contribution in [2.24, 2.45) is 40.4 Å². The minimum Gasteiger partial charge on any atom is -0.462 e. The van der Waals surface area contributed by atoms with Crippen molar-refractivity contribution in [2.45, 2.75) is 88.3 Å². The molecule has 0 aromatic rings. The molecule has 11 atom stereocenters. The van der Waals surface area contributed by atoms with Gasteiger partial charge in [0, 0.05) is 30.1 Å². The van der Waals surface area contributed by atoms with Crippen LogP contribution in [-0.2, 0) is 23.7 Å². The number of carbonyl (C=O) groups is 1. The second-order valence-electron chi connectivity index (χ2n) is 11.8. The standard InChI is InChI=1S/C24H33ClO5/c1-12(26)29-13-4-6-21(2)15-5-7-22(3)18(14-10-16(14)24(22)27-8-9-28-24)17(15)19(25)20-23(21,11-13)30-20/h13-20H,4-11H2,1-3H3/t13-,14+,15-,16-,17+,18-,19-,20+,21+,22-,23+/m0/s1. The number of ether oxygens (including phenoxy) is 4. The van der Waals surface area contributed by atoms with Gasteiger partial charge in [0.15, 0.2) is 5.79 Å². The molecule has 7 aliphatic rings. The molecule has 5 saturated carbocycles. The third kappa shape index (κ3) is 1.94. The van der Waals surface area contributed by atoms with Gasteiger partial charge in [0.25, 0.3) is 0 Å². The topological polar surface area (TPSA) is 57.3 Å². The van der Waals surface area contributed by atoms with Crippen molar-refractivity contribution in [1.82, 2.24) is 0 Å². The van der Waals surface area contributed by atoms with Crippen molar-refractivity contribution in [3.05, 3.63) is 0 Å². The van der Waals surface area contributed by atoms with Crippen LogP contribution >= 0.6 is 11.6 Å². The zero-order valence-electron chi connectivity index (χ0n) is 18.2. The van der Waals surface area contributed by atoms with Crippen LogP contribution in [-0.4, -0.2) is 48.2 Å². The lowest BCUT2D eigenvalue weighted by atomic mass is 9.44. The SMILES string of the molecule is CC(=O)O[C@H]1CC[C@]2(C)[C@H]3CC[C@@]4(C)[C@@H]([C@@H]5C[C@@H]5C45OCCO5)[C@@H]3[C@H](Cl)[C@H]3O[C@]32C1. The van der Waals surface area contributed by atoms with Crippen molar-refractivity contribution >= 4 is 17.6 Å². The van der Waals surface area contributed by atoms with Gasteiger partial charge in [-0.25, -0.2) is 0 Å². The highest BCUT2D eigenvalue weighted by Crippen LogP contribution is 2.81. The van der Waals surface area contributed by atoms with Crippen molar-refractivity contribution < 1.29 is 23.7 Å². The molecule has 5 nitrogen and oxygen atoms in total. The van der Waals surface area contributed by atoms with Crippen molar-refractivity contribution in [1.29, 1.82) is 0 Å². The molecule has 2 spiro atoms. The van der Waals surface area contributed by atoms with Gasteiger partial charge in [0.1, 0.15) is 17.8 Å². The van der Waals surface area contributed by atoms with E-state index in [9.17, 15) is 4.79 Å². The molecule has 5 aliphatic carbocycles. The van der Waals surface area contributed by atoms with Crippen LogP contribution in [0, 0.1) is 40.4 Å². The van der Waals surface area contributed by atoms with Crippen molar-refractivity contribution in [2.75, 3.05) is 13.2 Å². The zero-order valence-corrected chi connectivity index (χ0v) is 19.0. The number of hydrogen-bond acceptors (Lipinski definition) is 5. The normalized spacial score (nSPS) is 61.3. The maximum Gasteiger partial charge on any atom is 0.302 e. The summed E-state index contributed by atoms with van der Waals surface area (Å²) in [7, 11) is 0. The third-order valence-corrected chi connectivity index (χ3v) is 11.4. The predicted octanol–water partition coefficient (Wildman–Crippen LogP) is 3.91. The van der Waals surface area contributed by atoms with Crippen LogP contribution in [0.25, 0.3) is 0 Å². The van der Waals surface area contributed by atoms with Crippen LogP contribution in [0.1, 0.15) is 59.3 Å². The Balaban J connectivity index is 1.25. The van der Waals surface area contributed by atoms with E-state index in [1.54, 1.807) is 0 Å². The molecule has 2 heterocycles. The van der Waals surface area contributed by atoms with E-state index in [1.165, 1.54) is 19.8 Å². The highest BCUT2D eigenvalue weighted by molar-refractivity contribution is 6.21. The number of esters is 1. The van der Waals surface area contributed by atoms with Gasteiger partial charge in [0.05, 0.1) is 18.6 Å². The molecule has 0 radical (unpaired) electrons. The number of hydrogen-bond donors (Lipinski definition) is 0. The molecule has 30 heavy (non-hydrogen) atoms. The summed E-state index contributed by atoms with van der Waals surface area (Å²) in [4.78, 5) is 11.6. The summed E-state index contributed by atoms with van der Waals surface area (Å²) in [5, 5.41) is 0.0292. The smallest absolute Gasteiger partial charge is 0.302 e. The first-order chi connectivity index (χ1) is 14.3. The number of rotatable bonds is 1. The number of fused-ring (bicyclic) bond motifs is 8. The quantitative estimate of drug-likeness (QED) is 0.354. The molecule has 0 aromatic carbocycles. The first-order valence-electron chi connectivity index (χ1n) is 12.0. The molecule has 0 bridgehead atoms. The Morgan fingerprint density at radius 2 is 1.80 bits per heavy atom. The van der Waals surface area contributed by atoms with E-state index < -0.39 is 0 Å². The molecule has 166 valence electrons. The highest BCUT2D eigenvalue weighted by atomic mass is 35.5. The van der Waals surface area contributed by atoms with E-state index in [0.29, 0.717) is 29.6 Å². The Labute approximate surface area is 183 Å². The third-order valence-electron chi connectivity index (χ3n) is 10.9. The number of alkyl halides is 1. The van der Waals surface area contributed by atoms with E-state index in [0.717, 1.165) is 38.9 Å². The minimum absolute atomic E-state index is 0.0292. The molecule has 7 rings (SSSR count). The molecule has 0 aromatic heterocycles. The molecular formula is C24H33ClO5. The monoisotopic (exact) mass is 436 g/mol. The van der Waals surface area contributed by atoms with Gasteiger partial charge >= 0.3 is 5.97 Å². The van der Waals surface area contributed by atoms with E-state index >= 15 is 0 Å². The fourth-order valence-electron chi connectivity index (χ4n) is 9.78. The Bertz CT molecular complexity index is 811. The average molecular weight is 437 g/mol. The van der Waals surface area contributed by atoms with E-state index in [2.05, 4.69) is 13.8 Å². The first kappa shape index (κ1) is 19.1. The van der Waals surface area contributed by atoms with Gasteiger partial charge in [-0.2, -0.15) is 0 Å². The van der Waals surface area contributed by atoms with Crippen LogP contribution < -0.4 is 0 Å². The Morgan fingerprint density at radius 1 is 1.07 bits per heavy atom. The lowest BCUT2D eigenvalue weighted by Crippen LogP contribution is -2.64. The maximum absolute atomic E-state index is 11.6. The van der Waals surface area contributed by atoms with Gasteiger partial charge in [-0.15, -0.1) is 11.6 Å². The summed E-state index contributed by atoms with van der Waals surface area (Å²) in [6.07, 6.45) is 6.42. The summed E-state index contributed by atoms with van der Waals surface area (Å²) < 4.78 is 25.0. The first-order valence-corrected chi connectivity index (χ1v) is 12.5. The zero-order chi connectivity index (χ0) is 20.7. The molecule has 6 heteroatoms. The van der Waals surface area contributed by atoms with Crippen LogP contribution in [0.5, 0.6) is 0 Å². The summed E-state index contributed by atoms with van der Waals surface area (Å²) in [5.41, 5.74) is -0.0267. The number of epoxide rings is 1. The lowest BCUT2D eigenvalue weighted by Gasteiger charge is -2.61. The van der Waals surface area contributed by atoms with E-state index in [1.807, 2.05) is 0 Å². The van der Waals surface area contributed by atoms with Crippen molar-refractivity contribution in [3.63, 3.8) is 0 Å². The average Bonchev–Trinajstić information content (AvgIpc) is 3.57.